The molecule has 6 nitrogen and oxygen atoms in total. The number of nitrogens with two attached hydrogens (primary N) is 1. The molecule has 20 heavy (non-hydrogen) atoms. The maximum atomic E-state index is 5.57. The van der Waals surface area contributed by atoms with E-state index in [9.17, 15) is 0 Å². The molecule has 3 aromatic rings. The Hall–Kier alpha value is -1.99. The van der Waals surface area contributed by atoms with Gasteiger partial charge in [-0.1, -0.05) is 0 Å². The summed E-state index contributed by atoms with van der Waals surface area (Å²) < 4.78 is 2.60. The Kier molecular flexibility index (Phi) is 3.62. The summed E-state index contributed by atoms with van der Waals surface area (Å²) in [5.41, 5.74) is 8.22. The van der Waals surface area contributed by atoms with Gasteiger partial charge in [0.2, 0.25) is 0 Å². The molecule has 0 saturated carbocycles. The molecule has 3 N–H and O–H groups in total. The number of rotatable bonds is 4. The van der Waals surface area contributed by atoms with Crippen LogP contribution in [-0.2, 0) is 6.42 Å². The van der Waals surface area contributed by atoms with Crippen molar-refractivity contribution in [3.8, 4) is 0 Å². The first-order chi connectivity index (χ1) is 9.78. The first-order valence-corrected chi connectivity index (χ1v) is 6.98. The second kappa shape index (κ2) is 5.56. The van der Waals surface area contributed by atoms with Crippen molar-refractivity contribution in [2.24, 2.45) is 5.73 Å². The number of fused-ring (bicyclic) bond motifs is 1. The highest BCUT2D eigenvalue weighted by Gasteiger charge is 2.10. The Morgan fingerprint density at radius 1 is 1.20 bits per heavy atom. The lowest BCUT2D eigenvalue weighted by atomic mass is 10.3. The highest BCUT2D eigenvalue weighted by molar-refractivity contribution is 9.10. The lowest BCUT2D eigenvalue weighted by molar-refractivity contribution is 0.894. The fraction of sp³-hybridized carbons (Fsp3) is 0.154. The van der Waals surface area contributed by atoms with Crippen LogP contribution in [-0.4, -0.2) is 26.1 Å². The second-order valence-corrected chi connectivity index (χ2v) is 4.99. The number of imidazole rings is 1. The van der Waals surface area contributed by atoms with Gasteiger partial charge in [-0.3, -0.25) is 4.98 Å². The van der Waals surface area contributed by atoms with Crippen LogP contribution in [0.4, 0.5) is 11.5 Å². The smallest absolute Gasteiger partial charge is 0.155 e. The van der Waals surface area contributed by atoms with Crippen LogP contribution >= 0.6 is 15.9 Å². The van der Waals surface area contributed by atoms with E-state index >= 15 is 0 Å². The number of halogens is 1. The molecule has 3 rings (SSSR count). The van der Waals surface area contributed by atoms with E-state index in [2.05, 4.69) is 36.3 Å². The van der Waals surface area contributed by atoms with E-state index in [1.54, 1.807) is 16.9 Å². The van der Waals surface area contributed by atoms with E-state index < -0.39 is 0 Å². The summed E-state index contributed by atoms with van der Waals surface area (Å²) in [6.45, 7) is 0.560. The van der Waals surface area contributed by atoms with Crippen molar-refractivity contribution in [3.63, 3.8) is 0 Å². The number of anilines is 2. The van der Waals surface area contributed by atoms with Crippen molar-refractivity contribution < 1.29 is 0 Å². The fourth-order valence-electron chi connectivity index (χ4n) is 1.90. The van der Waals surface area contributed by atoms with E-state index in [4.69, 9.17) is 5.73 Å². The minimum absolute atomic E-state index is 0.560. The summed E-state index contributed by atoms with van der Waals surface area (Å²) in [6.07, 6.45) is 4.18. The van der Waals surface area contributed by atoms with Gasteiger partial charge in [0.15, 0.2) is 11.5 Å². The first-order valence-electron chi connectivity index (χ1n) is 6.19. The van der Waals surface area contributed by atoms with E-state index in [1.165, 1.54) is 0 Å². The largest absolute Gasteiger partial charge is 0.339 e. The maximum Gasteiger partial charge on any atom is 0.155 e. The average molecular weight is 333 g/mol. The zero-order valence-electron chi connectivity index (χ0n) is 10.6. The van der Waals surface area contributed by atoms with Crippen molar-refractivity contribution in [1.82, 2.24) is 19.6 Å². The lowest BCUT2D eigenvalue weighted by Crippen LogP contribution is -2.03. The summed E-state index contributed by atoms with van der Waals surface area (Å²) in [5.74, 6) is 0.737. The average Bonchev–Trinajstić information content (AvgIpc) is 2.77. The molecular formula is C13H13BrN6. The van der Waals surface area contributed by atoms with E-state index in [1.807, 2.05) is 24.3 Å². The van der Waals surface area contributed by atoms with Gasteiger partial charge in [-0.2, -0.15) is 0 Å². The van der Waals surface area contributed by atoms with Crippen molar-refractivity contribution >= 4 is 33.1 Å². The molecule has 3 heterocycles. The third-order valence-electron chi connectivity index (χ3n) is 2.82. The maximum absolute atomic E-state index is 5.57. The molecule has 0 fully saturated rings. The molecule has 0 aliphatic heterocycles. The minimum Gasteiger partial charge on any atom is -0.339 e. The zero-order chi connectivity index (χ0) is 13.9. The number of hydrogen-bond acceptors (Lipinski definition) is 5. The van der Waals surface area contributed by atoms with Crippen LogP contribution in [0.1, 0.15) is 5.69 Å². The molecule has 0 atom stereocenters. The molecule has 3 aromatic heterocycles. The van der Waals surface area contributed by atoms with Crippen LogP contribution in [0.25, 0.3) is 5.65 Å². The Balaban J connectivity index is 1.96. The van der Waals surface area contributed by atoms with Gasteiger partial charge < -0.3 is 11.1 Å². The Morgan fingerprint density at radius 2 is 2.00 bits per heavy atom. The van der Waals surface area contributed by atoms with Crippen LogP contribution in [0.5, 0.6) is 0 Å². The molecule has 0 unspecified atom stereocenters. The summed E-state index contributed by atoms with van der Waals surface area (Å²) in [7, 11) is 0. The quantitative estimate of drug-likeness (QED) is 0.764. The highest BCUT2D eigenvalue weighted by atomic mass is 79.9. The monoisotopic (exact) mass is 332 g/mol. The minimum atomic E-state index is 0.560. The van der Waals surface area contributed by atoms with Crippen molar-refractivity contribution in [2.75, 3.05) is 11.9 Å². The number of nitrogens with one attached hydrogen (secondary N) is 1. The van der Waals surface area contributed by atoms with Crippen LogP contribution in [0, 0.1) is 0 Å². The third kappa shape index (κ3) is 2.50. The fourth-order valence-corrected chi connectivity index (χ4v) is 2.45. The van der Waals surface area contributed by atoms with Gasteiger partial charge in [0.25, 0.3) is 0 Å². The Labute approximate surface area is 124 Å². The van der Waals surface area contributed by atoms with E-state index in [0.29, 0.717) is 6.54 Å². The predicted octanol–water partition coefficient (Wildman–Crippen LogP) is 2.13. The van der Waals surface area contributed by atoms with Crippen molar-refractivity contribution in [2.45, 2.75) is 6.42 Å². The molecule has 0 aromatic carbocycles. The highest BCUT2D eigenvalue weighted by Crippen LogP contribution is 2.20. The van der Waals surface area contributed by atoms with Crippen molar-refractivity contribution in [3.05, 3.63) is 47.0 Å². The van der Waals surface area contributed by atoms with Gasteiger partial charge in [-0.15, -0.1) is 5.10 Å². The molecule has 0 spiro atoms. The van der Waals surface area contributed by atoms with Crippen LogP contribution in [0.15, 0.2) is 41.3 Å². The number of aromatic nitrogens is 4. The van der Waals surface area contributed by atoms with E-state index in [0.717, 1.165) is 33.9 Å². The van der Waals surface area contributed by atoms with E-state index in [-0.39, 0.29) is 0 Å². The third-order valence-corrected chi connectivity index (χ3v) is 3.62. The summed E-state index contributed by atoms with van der Waals surface area (Å²) in [6, 6.07) is 7.58. The number of pyridine rings is 1. The molecular weight excluding hydrogens is 320 g/mol. The second-order valence-electron chi connectivity index (χ2n) is 4.24. The molecule has 0 radical (unpaired) electrons. The van der Waals surface area contributed by atoms with Gasteiger partial charge in [0.1, 0.15) is 4.60 Å². The van der Waals surface area contributed by atoms with Crippen LogP contribution in [0.2, 0.25) is 0 Å². The summed E-state index contributed by atoms with van der Waals surface area (Å²) >= 11 is 3.52. The van der Waals surface area contributed by atoms with Gasteiger partial charge in [-0.25, -0.2) is 9.50 Å². The van der Waals surface area contributed by atoms with Crippen LogP contribution in [0.3, 0.4) is 0 Å². The standard InChI is InChI=1S/C13H13BrN6/c14-13-10(3-6-15)18-12-2-1-11(19-20(12)13)17-9-4-7-16-8-5-9/h1-2,4-5,7-8H,3,6,15H2,(H,16,17,19). The van der Waals surface area contributed by atoms with Crippen molar-refractivity contribution in [1.29, 1.82) is 0 Å². The predicted molar refractivity (Wildman–Crippen MR) is 81.0 cm³/mol. The van der Waals surface area contributed by atoms with Gasteiger partial charge in [-0.05, 0) is 46.7 Å². The van der Waals surface area contributed by atoms with Gasteiger partial charge >= 0.3 is 0 Å². The molecule has 102 valence electrons. The summed E-state index contributed by atoms with van der Waals surface area (Å²) in [5, 5.41) is 7.73. The Morgan fingerprint density at radius 3 is 2.75 bits per heavy atom. The number of hydrogen-bond donors (Lipinski definition) is 2. The molecule has 0 saturated heterocycles. The lowest BCUT2D eigenvalue weighted by Gasteiger charge is -2.05. The molecule has 0 amide bonds. The number of nitrogens with zero attached hydrogens (tertiary/aromatic N) is 4. The Bertz CT molecular complexity index is 724. The molecule has 0 bridgehead atoms. The normalized spacial score (nSPS) is 10.9. The molecule has 0 aliphatic carbocycles. The molecule has 7 heteroatoms. The summed E-state index contributed by atoms with van der Waals surface area (Å²) in [4.78, 5) is 8.47. The van der Waals surface area contributed by atoms with Gasteiger partial charge in [0, 0.05) is 24.5 Å². The van der Waals surface area contributed by atoms with Crippen LogP contribution < -0.4 is 11.1 Å². The molecule has 0 aliphatic rings. The first kappa shape index (κ1) is 13.0. The SMILES string of the molecule is NCCc1nc2ccc(Nc3ccncc3)nn2c1Br. The van der Waals surface area contributed by atoms with Gasteiger partial charge in [0.05, 0.1) is 5.69 Å². The zero-order valence-corrected chi connectivity index (χ0v) is 12.2. The topological polar surface area (TPSA) is 81.1 Å².